The van der Waals surface area contributed by atoms with Gasteiger partial charge in [-0.3, -0.25) is 0 Å². The van der Waals surface area contributed by atoms with Gasteiger partial charge in [0.25, 0.3) is 0 Å². The topological polar surface area (TPSA) is 73.9 Å². The molecule has 4 atom stereocenters. The maximum Gasteiger partial charge on any atom is 0.101 e. The first kappa shape index (κ1) is 14.9. The molecular formula is C12H25NO4. The molecule has 0 radical (unpaired) electrons. The van der Waals surface area contributed by atoms with Gasteiger partial charge in [-0.25, -0.2) is 0 Å². The molecule has 4 unspecified atom stereocenters. The van der Waals surface area contributed by atoms with Gasteiger partial charge in [-0.2, -0.15) is 0 Å². The van der Waals surface area contributed by atoms with Crippen LogP contribution in [0.25, 0.3) is 0 Å². The molecule has 1 rings (SSSR count). The minimum Gasteiger partial charge on any atom is -0.388 e. The monoisotopic (exact) mass is 247 g/mol. The lowest BCUT2D eigenvalue weighted by Gasteiger charge is -2.18. The second-order valence-corrected chi connectivity index (χ2v) is 4.78. The number of rotatable bonds is 8. The van der Waals surface area contributed by atoms with Gasteiger partial charge in [-0.15, -0.1) is 0 Å². The zero-order valence-electron chi connectivity index (χ0n) is 10.8. The van der Waals surface area contributed by atoms with E-state index in [-0.39, 0.29) is 24.9 Å². The molecule has 0 aromatic rings. The summed E-state index contributed by atoms with van der Waals surface area (Å²) in [5.41, 5.74) is 5.78. The lowest BCUT2D eigenvalue weighted by Crippen LogP contribution is -2.28. The third-order valence-electron chi connectivity index (χ3n) is 2.92. The summed E-state index contributed by atoms with van der Waals surface area (Å²) in [6.07, 6.45) is 2.53. The van der Waals surface area contributed by atoms with Gasteiger partial charge in [-0.1, -0.05) is 0 Å². The van der Waals surface area contributed by atoms with Crippen LogP contribution in [0.1, 0.15) is 26.2 Å². The average Bonchev–Trinajstić information content (AvgIpc) is 2.70. The molecule has 5 heteroatoms. The van der Waals surface area contributed by atoms with Crippen molar-refractivity contribution < 1.29 is 19.3 Å². The third-order valence-corrected chi connectivity index (χ3v) is 2.92. The molecule has 3 N–H and O–H groups in total. The largest absolute Gasteiger partial charge is 0.388 e. The molecule has 0 saturated heterocycles. The fraction of sp³-hybridized carbons (Fsp3) is 1.00. The number of aliphatic hydroxyl groups is 1. The molecule has 1 aliphatic carbocycles. The van der Waals surface area contributed by atoms with Crippen LogP contribution in [0.4, 0.5) is 0 Å². The highest BCUT2D eigenvalue weighted by Gasteiger charge is 2.23. The Morgan fingerprint density at radius 1 is 1.29 bits per heavy atom. The van der Waals surface area contributed by atoms with E-state index < -0.39 is 6.10 Å². The summed E-state index contributed by atoms with van der Waals surface area (Å²) in [6.45, 7) is 3.04. The molecule has 0 spiro atoms. The molecule has 17 heavy (non-hydrogen) atoms. The number of hydrogen-bond donors (Lipinski definition) is 2. The number of aliphatic hydroxyl groups excluding tert-OH is 1. The molecule has 5 nitrogen and oxygen atoms in total. The summed E-state index contributed by atoms with van der Waals surface area (Å²) in [6, 6.07) is 0.259. The van der Waals surface area contributed by atoms with Crippen molar-refractivity contribution in [2.24, 2.45) is 5.73 Å². The van der Waals surface area contributed by atoms with E-state index in [0.29, 0.717) is 13.2 Å². The molecule has 1 aliphatic rings. The van der Waals surface area contributed by atoms with E-state index in [9.17, 15) is 5.11 Å². The highest BCUT2D eigenvalue weighted by molar-refractivity contribution is 4.78. The van der Waals surface area contributed by atoms with Gasteiger partial charge in [-0.05, 0) is 26.2 Å². The number of nitrogens with two attached hydrogens (primary N) is 1. The summed E-state index contributed by atoms with van der Waals surface area (Å²) in [7, 11) is 1.63. The van der Waals surface area contributed by atoms with E-state index in [1.165, 1.54) is 0 Å². The Balaban J connectivity index is 2.02. The molecule has 0 aliphatic heterocycles. The molecule has 0 amide bonds. The Bertz CT molecular complexity index is 203. The fourth-order valence-electron chi connectivity index (χ4n) is 1.98. The zero-order valence-corrected chi connectivity index (χ0v) is 10.8. The van der Waals surface area contributed by atoms with Gasteiger partial charge < -0.3 is 25.1 Å². The normalized spacial score (nSPS) is 28.2. The minimum absolute atomic E-state index is 0.00504. The van der Waals surface area contributed by atoms with E-state index in [1.54, 1.807) is 7.11 Å². The first-order chi connectivity index (χ1) is 8.11. The van der Waals surface area contributed by atoms with E-state index in [2.05, 4.69) is 0 Å². The van der Waals surface area contributed by atoms with E-state index in [0.717, 1.165) is 19.3 Å². The Hall–Kier alpha value is -0.200. The quantitative estimate of drug-likeness (QED) is 0.645. The molecule has 1 saturated carbocycles. The molecule has 0 aromatic carbocycles. The molecule has 102 valence electrons. The van der Waals surface area contributed by atoms with Crippen LogP contribution in [0.2, 0.25) is 0 Å². The fourth-order valence-corrected chi connectivity index (χ4v) is 1.98. The molecule has 0 bridgehead atoms. The third kappa shape index (κ3) is 6.33. The second kappa shape index (κ2) is 8.00. The maximum atomic E-state index is 9.67. The van der Waals surface area contributed by atoms with Crippen LogP contribution in [-0.4, -0.2) is 56.4 Å². The van der Waals surface area contributed by atoms with Crippen LogP contribution >= 0.6 is 0 Å². The highest BCUT2D eigenvalue weighted by Crippen LogP contribution is 2.20. The summed E-state index contributed by atoms with van der Waals surface area (Å²) >= 11 is 0. The van der Waals surface area contributed by atoms with Crippen molar-refractivity contribution in [1.82, 2.24) is 0 Å². The Kier molecular flexibility index (Phi) is 6.99. The maximum absolute atomic E-state index is 9.67. The second-order valence-electron chi connectivity index (χ2n) is 4.78. The first-order valence-electron chi connectivity index (χ1n) is 6.27. The van der Waals surface area contributed by atoms with Crippen LogP contribution in [0, 0.1) is 0 Å². The smallest absolute Gasteiger partial charge is 0.101 e. The summed E-state index contributed by atoms with van der Waals surface area (Å²) in [5.74, 6) is 0. The number of ether oxygens (including phenoxy) is 3. The van der Waals surface area contributed by atoms with Crippen molar-refractivity contribution in [3.05, 3.63) is 0 Å². The van der Waals surface area contributed by atoms with E-state index in [4.69, 9.17) is 19.9 Å². The van der Waals surface area contributed by atoms with Gasteiger partial charge in [0, 0.05) is 13.2 Å². The Morgan fingerprint density at radius 2 is 2.06 bits per heavy atom. The highest BCUT2D eigenvalue weighted by atomic mass is 16.5. The average molecular weight is 247 g/mol. The Morgan fingerprint density at radius 3 is 2.65 bits per heavy atom. The van der Waals surface area contributed by atoms with Crippen LogP contribution in [0.15, 0.2) is 0 Å². The predicted octanol–water partition coefficient (Wildman–Crippen LogP) is 0.295. The van der Waals surface area contributed by atoms with E-state index in [1.807, 2.05) is 6.92 Å². The Labute approximate surface area is 103 Å². The molecular weight excluding hydrogens is 222 g/mol. The van der Waals surface area contributed by atoms with Crippen molar-refractivity contribution in [2.75, 3.05) is 26.9 Å². The molecule has 1 fully saturated rings. The van der Waals surface area contributed by atoms with Gasteiger partial charge >= 0.3 is 0 Å². The molecule has 0 aromatic heterocycles. The SMILES string of the molecule is COCC(C)OCC(O)COC1CCC(N)C1. The lowest BCUT2D eigenvalue weighted by atomic mass is 10.3. The zero-order chi connectivity index (χ0) is 12.7. The van der Waals surface area contributed by atoms with Gasteiger partial charge in [0.05, 0.1) is 32.0 Å². The predicted molar refractivity (Wildman–Crippen MR) is 64.9 cm³/mol. The number of hydrogen-bond acceptors (Lipinski definition) is 5. The summed E-state index contributed by atoms with van der Waals surface area (Å²) in [4.78, 5) is 0. The van der Waals surface area contributed by atoms with Gasteiger partial charge in [0.1, 0.15) is 6.10 Å². The van der Waals surface area contributed by atoms with Crippen molar-refractivity contribution in [3.63, 3.8) is 0 Å². The van der Waals surface area contributed by atoms with Crippen LogP contribution in [-0.2, 0) is 14.2 Å². The molecule has 0 heterocycles. The van der Waals surface area contributed by atoms with Crippen LogP contribution in [0.3, 0.4) is 0 Å². The lowest BCUT2D eigenvalue weighted by molar-refractivity contribution is -0.0691. The van der Waals surface area contributed by atoms with Crippen molar-refractivity contribution in [1.29, 1.82) is 0 Å². The summed E-state index contributed by atoms with van der Waals surface area (Å²) in [5, 5.41) is 9.67. The van der Waals surface area contributed by atoms with Crippen molar-refractivity contribution in [2.45, 2.75) is 50.5 Å². The summed E-state index contributed by atoms with van der Waals surface area (Å²) < 4.78 is 15.9. The van der Waals surface area contributed by atoms with Gasteiger partial charge in [0.15, 0.2) is 0 Å². The van der Waals surface area contributed by atoms with Gasteiger partial charge in [0.2, 0.25) is 0 Å². The first-order valence-corrected chi connectivity index (χ1v) is 6.27. The van der Waals surface area contributed by atoms with E-state index >= 15 is 0 Å². The number of methoxy groups -OCH3 is 1. The van der Waals surface area contributed by atoms with Crippen molar-refractivity contribution in [3.8, 4) is 0 Å². The standard InChI is InChI=1S/C12H25NO4/c1-9(6-15-2)16-7-11(14)8-17-12-4-3-10(13)5-12/h9-12,14H,3-8,13H2,1-2H3. The van der Waals surface area contributed by atoms with Crippen molar-refractivity contribution >= 4 is 0 Å². The van der Waals surface area contributed by atoms with Crippen LogP contribution < -0.4 is 5.73 Å². The minimum atomic E-state index is -0.578. The van der Waals surface area contributed by atoms with Crippen LogP contribution in [0.5, 0.6) is 0 Å².